The van der Waals surface area contributed by atoms with E-state index >= 15 is 0 Å². The fourth-order valence-electron chi connectivity index (χ4n) is 2.86. The van der Waals surface area contributed by atoms with Crippen LogP contribution in [0.1, 0.15) is 18.0 Å². The van der Waals surface area contributed by atoms with Crippen molar-refractivity contribution in [3.05, 3.63) is 71.1 Å². The van der Waals surface area contributed by atoms with Gasteiger partial charge >= 0.3 is 0 Å². The van der Waals surface area contributed by atoms with Gasteiger partial charge in [0.2, 0.25) is 0 Å². The number of aromatic nitrogens is 1. The number of halogens is 2. The molecule has 0 saturated heterocycles. The van der Waals surface area contributed by atoms with E-state index in [2.05, 4.69) is 22.1 Å². The molecule has 3 aromatic rings. The molecule has 0 aliphatic carbocycles. The topological polar surface area (TPSA) is 17.0 Å². The monoisotopic (exact) mass is 316 g/mol. The largest absolute Gasteiger partial charge is 0.340 e. The van der Waals surface area contributed by atoms with Gasteiger partial charge in [-0.3, -0.25) is 0 Å². The van der Waals surface area contributed by atoms with Crippen molar-refractivity contribution in [2.75, 3.05) is 13.6 Å². The van der Waals surface area contributed by atoms with Crippen molar-refractivity contribution in [3.8, 4) is 0 Å². The Morgan fingerprint density at radius 3 is 2.64 bits per heavy atom. The van der Waals surface area contributed by atoms with Crippen LogP contribution in [-0.2, 0) is 0 Å². The molecule has 0 aliphatic rings. The Labute approximate surface area is 134 Å². The summed E-state index contributed by atoms with van der Waals surface area (Å²) < 4.78 is 15.4. The molecule has 1 unspecified atom stereocenters. The van der Waals surface area contributed by atoms with Crippen molar-refractivity contribution >= 4 is 22.5 Å². The minimum absolute atomic E-state index is 0.143. The fraction of sp³-hybridized carbons (Fsp3) is 0.222. The molecule has 4 heteroatoms. The first-order valence-electron chi connectivity index (χ1n) is 7.36. The molecule has 114 valence electrons. The lowest BCUT2D eigenvalue weighted by Crippen LogP contribution is -2.17. The first-order valence-corrected chi connectivity index (χ1v) is 7.73. The predicted molar refractivity (Wildman–Crippen MR) is 90.0 cm³/mol. The number of hydrogen-bond acceptors (Lipinski definition) is 1. The predicted octanol–water partition coefficient (Wildman–Crippen LogP) is 4.63. The van der Waals surface area contributed by atoms with Gasteiger partial charge in [0.1, 0.15) is 5.82 Å². The fourth-order valence-corrected chi connectivity index (χ4v) is 3.09. The number of nitrogens with zero attached hydrogens (tertiary/aromatic N) is 1. The van der Waals surface area contributed by atoms with E-state index in [1.807, 2.05) is 37.4 Å². The Hall–Kier alpha value is -1.84. The van der Waals surface area contributed by atoms with Crippen LogP contribution in [0.25, 0.3) is 10.9 Å². The van der Waals surface area contributed by atoms with Crippen molar-refractivity contribution in [2.45, 2.75) is 12.5 Å². The molecule has 0 saturated carbocycles. The van der Waals surface area contributed by atoms with Crippen LogP contribution in [0.15, 0.2) is 54.7 Å². The Balaban J connectivity index is 2.07. The van der Waals surface area contributed by atoms with Gasteiger partial charge < -0.3 is 9.88 Å². The molecule has 2 aromatic carbocycles. The van der Waals surface area contributed by atoms with Gasteiger partial charge in [-0.25, -0.2) is 4.39 Å². The first kappa shape index (κ1) is 15.1. The highest BCUT2D eigenvalue weighted by Crippen LogP contribution is 2.30. The smallest absolute Gasteiger partial charge is 0.123 e. The molecule has 1 heterocycles. The summed E-state index contributed by atoms with van der Waals surface area (Å²) in [6.07, 6.45) is 2.97. The molecule has 0 radical (unpaired) electrons. The Morgan fingerprint density at radius 2 is 1.91 bits per heavy atom. The lowest BCUT2D eigenvalue weighted by Gasteiger charge is -2.21. The van der Waals surface area contributed by atoms with Gasteiger partial charge in [-0.2, -0.15) is 0 Å². The number of rotatable bonds is 5. The third-order valence-electron chi connectivity index (χ3n) is 3.97. The average Bonchev–Trinajstić information content (AvgIpc) is 2.95. The molecule has 2 nitrogen and oxygen atoms in total. The summed E-state index contributed by atoms with van der Waals surface area (Å²) in [6.45, 7) is 0.877. The van der Waals surface area contributed by atoms with E-state index in [0.29, 0.717) is 0 Å². The SMILES string of the molecule is CNCCC(c1ccc(F)cc1)n1ccc2c(Cl)cccc21. The van der Waals surface area contributed by atoms with Crippen molar-refractivity contribution < 1.29 is 4.39 Å². The van der Waals surface area contributed by atoms with E-state index in [1.54, 1.807) is 0 Å². The van der Waals surface area contributed by atoms with E-state index in [1.165, 1.54) is 12.1 Å². The second-order valence-corrected chi connectivity index (χ2v) is 5.76. The highest BCUT2D eigenvalue weighted by Gasteiger charge is 2.16. The number of fused-ring (bicyclic) bond motifs is 1. The summed E-state index contributed by atoms with van der Waals surface area (Å²) in [6, 6.07) is 14.8. The molecule has 0 spiro atoms. The summed E-state index contributed by atoms with van der Waals surface area (Å²) in [7, 11) is 1.94. The lowest BCUT2D eigenvalue weighted by atomic mass is 10.0. The Morgan fingerprint density at radius 1 is 1.14 bits per heavy atom. The molecule has 0 bridgehead atoms. The maximum Gasteiger partial charge on any atom is 0.123 e. The summed E-state index contributed by atoms with van der Waals surface area (Å²) in [5.41, 5.74) is 2.19. The zero-order valence-corrected chi connectivity index (χ0v) is 13.1. The van der Waals surface area contributed by atoms with Crippen LogP contribution in [0.5, 0.6) is 0 Å². The lowest BCUT2D eigenvalue weighted by molar-refractivity contribution is 0.537. The molecule has 0 fully saturated rings. The van der Waals surface area contributed by atoms with Gasteiger partial charge in [-0.15, -0.1) is 0 Å². The van der Waals surface area contributed by atoms with Crippen LogP contribution in [0, 0.1) is 5.82 Å². The number of nitrogens with one attached hydrogen (secondary N) is 1. The van der Waals surface area contributed by atoms with Crippen molar-refractivity contribution in [3.63, 3.8) is 0 Å². The number of hydrogen-bond donors (Lipinski definition) is 1. The van der Waals surface area contributed by atoms with Gasteiger partial charge in [0, 0.05) is 16.6 Å². The second kappa shape index (κ2) is 6.51. The number of benzene rings is 2. The van der Waals surface area contributed by atoms with Crippen molar-refractivity contribution in [1.29, 1.82) is 0 Å². The Bertz CT molecular complexity index is 764. The molecular weight excluding hydrogens is 299 g/mol. The third kappa shape index (κ3) is 2.87. The minimum Gasteiger partial charge on any atom is -0.340 e. The van der Waals surface area contributed by atoms with E-state index < -0.39 is 0 Å². The average molecular weight is 317 g/mol. The minimum atomic E-state index is -0.212. The molecule has 1 N–H and O–H groups in total. The zero-order chi connectivity index (χ0) is 15.5. The molecule has 1 atom stereocenters. The second-order valence-electron chi connectivity index (χ2n) is 5.36. The van der Waals surface area contributed by atoms with E-state index in [9.17, 15) is 4.39 Å². The van der Waals surface area contributed by atoms with Gasteiger partial charge in [0.05, 0.1) is 11.6 Å². The zero-order valence-electron chi connectivity index (χ0n) is 12.4. The van der Waals surface area contributed by atoms with Gasteiger partial charge in [0.15, 0.2) is 0 Å². The van der Waals surface area contributed by atoms with Crippen molar-refractivity contribution in [2.24, 2.45) is 0 Å². The van der Waals surface area contributed by atoms with Crippen LogP contribution in [0.2, 0.25) is 5.02 Å². The summed E-state index contributed by atoms with van der Waals surface area (Å²) in [5.74, 6) is -0.212. The van der Waals surface area contributed by atoms with Gasteiger partial charge in [-0.05, 0) is 55.9 Å². The molecule has 0 amide bonds. The Kier molecular flexibility index (Phi) is 4.46. The van der Waals surface area contributed by atoms with Crippen LogP contribution in [0.4, 0.5) is 4.39 Å². The first-order chi connectivity index (χ1) is 10.7. The normalized spacial score (nSPS) is 12.7. The molecule has 1 aromatic heterocycles. The maximum atomic E-state index is 13.2. The van der Waals surface area contributed by atoms with Crippen LogP contribution in [-0.4, -0.2) is 18.2 Å². The maximum absolute atomic E-state index is 13.2. The third-order valence-corrected chi connectivity index (χ3v) is 4.30. The molecule has 22 heavy (non-hydrogen) atoms. The van der Waals surface area contributed by atoms with Crippen molar-refractivity contribution in [1.82, 2.24) is 9.88 Å². The van der Waals surface area contributed by atoms with E-state index in [0.717, 1.165) is 34.5 Å². The highest BCUT2D eigenvalue weighted by molar-refractivity contribution is 6.35. The summed E-state index contributed by atoms with van der Waals surface area (Å²) in [4.78, 5) is 0. The van der Waals surface area contributed by atoms with E-state index in [4.69, 9.17) is 11.6 Å². The molecule has 0 aliphatic heterocycles. The molecular formula is C18H18ClFN2. The van der Waals surface area contributed by atoms with E-state index in [-0.39, 0.29) is 11.9 Å². The van der Waals surface area contributed by atoms with Crippen LogP contribution in [0.3, 0.4) is 0 Å². The van der Waals surface area contributed by atoms with Gasteiger partial charge in [0.25, 0.3) is 0 Å². The van der Waals surface area contributed by atoms with Crippen LogP contribution < -0.4 is 5.32 Å². The highest BCUT2D eigenvalue weighted by atomic mass is 35.5. The summed E-state index contributed by atoms with van der Waals surface area (Å²) >= 11 is 6.27. The summed E-state index contributed by atoms with van der Waals surface area (Å²) in [5, 5.41) is 4.98. The quantitative estimate of drug-likeness (QED) is 0.726. The molecule has 3 rings (SSSR count). The van der Waals surface area contributed by atoms with Gasteiger partial charge in [-0.1, -0.05) is 29.8 Å². The van der Waals surface area contributed by atoms with Crippen LogP contribution >= 0.6 is 11.6 Å². The standard InChI is InChI=1S/C18H18ClFN2/c1-21-11-9-17(13-5-7-14(20)8-6-13)22-12-10-15-16(19)3-2-4-18(15)22/h2-8,10,12,17,21H,9,11H2,1H3.